The van der Waals surface area contributed by atoms with E-state index in [0.717, 1.165) is 17.3 Å². The number of thioether (sulfide) groups is 1. The van der Waals surface area contributed by atoms with Gasteiger partial charge in [-0.2, -0.15) is 0 Å². The Kier molecular flexibility index (Phi) is 5.47. The summed E-state index contributed by atoms with van der Waals surface area (Å²) in [6, 6.07) is 6.94. The van der Waals surface area contributed by atoms with Gasteiger partial charge in [-0.3, -0.25) is 14.5 Å². The van der Waals surface area contributed by atoms with E-state index in [2.05, 4.69) is 0 Å². The maximum Gasteiger partial charge on any atom is 0.289 e. The zero-order chi connectivity index (χ0) is 12.4. The third-order valence-electron chi connectivity index (χ3n) is 2.45. The second kappa shape index (κ2) is 6.43. The molecule has 1 aliphatic rings. The molecule has 1 fully saturated rings. The molecular weight excluding hydrogens is 295 g/mol. The van der Waals surface area contributed by atoms with E-state index in [1.807, 2.05) is 0 Å². The molecule has 0 aromatic heterocycles. The molecule has 1 saturated heterocycles. The molecule has 0 bridgehead atoms. The van der Waals surface area contributed by atoms with Crippen molar-refractivity contribution >= 4 is 46.9 Å². The van der Waals surface area contributed by atoms with Gasteiger partial charge in [-0.1, -0.05) is 23.7 Å². The minimum absolute atomic E-state index is 0. The van der Waals surface area contributed by atoms with Crippen LogP contribution >= 0.6 is 35.8 Å². The molecule has 1 unspecified atom stereocenters. The molecule has 2 amide bonds. The number of benzene rings is 1. The molecule has 0 saturated carbocycles. The second-order valence-electron chi connectivity index (χ2n) is 3.59. The molecule has 98 valence electrons. The fraction of sp³-hybridized carbons (Fsp3) is 0.273. The lowest BCUT2D eigenvalue weighted by atomic mass is 10.1. The van der Waals surface area contributed by atoms with E-state index in [0.29, 0.717) is 5.02 Å². The first-order valence-electron chi connectivity index (χ1n) is 5.11. The highest BCUT2D eigenvalue weighted by molar-refractivity contribution is 8.14. The highest BCUT2D eigenvalue weighted by atomic mass is 35.5. The largest absolute Gasteiger partial charge is 0.329 e. The number of hydrogen-bond acceptors (Lipinski definition) is 4. The summed E-state index contributed by atoms with van der Waals surface area (Å²) in [5.41, 5.74) is 6.15. The summed E-state index contributed by atoms with van der Waals surface area (Å²) in [4.78, 5) is 24.8. The van der Waals surface area contributed by atoms with Gasteiger partial charge < -0.3 is 5.73 Å². The summed E-state index contributed by atoms with van der Waals surface area (Å²) in [6.45, 7) is 0.556. The second-order valence-corrected chi connectivity index (χ2v) is 5.09. The first-order valence-corrected chi connectivity index (χ1v) is 6.37. The van der Waals surface area contributed by atoms with Crippen LogP contribution in [0.15, 0.2) is 24.3 Å². The van der Waals surface area contributed by atoms with Crippen LogP contribution in [0.4, 0.5) is 4.79 Å². The molecule has 1 aromatic rings. The van der Waals surface area contributed by atoms with Crippen LogP contribution in [0.25, 0.3) is 0 Å². The first kappa shape index (κ1) is 15.3. The van der Waals surface area contributed by atoms with Gasteiger partial charge >= 0.3 is 0 Å². The molecule has 2 rings (SSSR count). The SMILES string of the molecule is Cl.NCCN1C(=O)SC(c2ccc(Cl)cc2)C1=O. The van der Waals surface area contributed by atoms with Crippen molar-refractivity contribution in [3.63, 3.8) is 0 Å². The summed E-state index contributed by atoms with van der Waals surface area (Å²) in [5.74, 6) is -0.201. The summed E-state index contributed by atoms with van der Waals surface area (Å²) in [6.07, 6.45) is 0. The monoisotopic (exact) mass is 306 g/mol. The number of nitrogens with zero attached hydrogens (tertiary/aromatic N) is 1. The van der Waals surface area contributed by atoms with Gasteiger partial charge in [0, 0.05) is 18.1 Å². The molecule has 0 aliphatic carbocycles. The van der Waals surface area contributed by atoms with Gasteiger partial charge in [-0.25, -0.2) is 0 Å². The maximum absolute atomic E-state index is 12.0. The van der Waals surface area contributed by atoms with Crippen molar-refractivity contribution in [2.75, 3.05) is 13.1 Å². The van der Waals surface area contributed by atoms with Gasteiger partial charge in [-0.15, -0.1) is 12.4 Å². The quantitative estimate of drug-likeness (QED) is 0.931. The zero-order valence-electron chi connectivity index (χ0n) is 9.34. The Labute approximate surface area is 120 Å². The molecule has 0 spiro atoms. The Morgan fingerprint density at radius 3 is 2.44 bits per heavy atom. The van der Waals surface area contributed by atoms with E-state index in [4.69, 9.17) is 17.3 Å². The molecule has 7 heteroatoms. The lowest BCUT2D eigenvalue weighted by Crippen LogP contribution is -2.34. The van der Waals surface area contributed by atoms with Crippen LogP contribution in [0.3, 0.4) is 0 Å². The highest BCUT2D eigenvalue weighted by Crippen LogP contribution is 2.39. The van der Waals surface area contributed by atoms with Crippen molar-refractivity contribution in [2.45, 2.75) is 5.25 Å². The number of halogens is 2. The van der Waals surface area contributed by atoms with E-state index in [1.54, 1.807) is 24.3 Å². The Hall–Kier alpha value is -0.750. The third kappa shape index (κ3) is 2.98. The van der Waals surface area contributed by atoms with Gasteiger partial charge in [0.05, 0.1) is 0 Å². The van der Waals surface area contributed by atoms with Crippen molar-refractivity contribution < 1.29 is 9.59 Å². The van der Waals surface area contributed by atoms with Crippen molar-refractivity contribution in [1.29, 1.82) is 0 Å². The average molecular weight is 307 g/mol. The molecular formula is C11H12Cl2N2O2S. The van der Waals surface area contributed by atoms with E-state index < -0.39 is 5.25 Å². The van der Waals surface area contributed by atoms with E-state index in [-0.39, 0.29) is 36.6 Å². The number of carbonyl (C=O) groups is 2. The normalized spacial score (nSPS) is 19.0. The third-order valence-corrected chi connectivity index (χ3v) is 3.84. The predicted molar refractivity (Wildman–Crippen MR) is 75.2 cm³/mol. The topological polar surface area (TPSA) is 63.4 Å². The molecule has 1 atom stereocenters. The highest BCUT2D eigenvalue weighted by Gasteiger charge is 2.39. The summed E-state index contributed by atoms with van der Waals surface area (Å²) in [7, 11) is 0. The first-order chi connectivity index (χ1) is 8.13. The molecule has 18 heavy (non-hydrogen) atoms. The van der Waals surface area contributed by atoms with Crippen LogP contribution < -0.4 is 5.73 Å². The number of hydrogen-bond donors (Lipinski definition) is 1. The number of imide groups is 1. The average Bonchev–Trinajstić information content (AvgIpc) is 2.59. The van der Waals surface area contributed by atoms with Gasteiger partial charge in [0.25, 0.3) is 5.24 Å². The van der Waals surface area contributed by atoms with E-state index >= 15 is 0 Å². The van der Waals surface area contributed by atoms with E-state index in [9.17, 15) is 9.59 Å². The van der Waals surface area contributed by atoms with Gasteiger partial charge in [0.15, 0.2) is 0 Å². The summed E-state index contributed by atoms with van der Waals surface area (Å²) >= 11 is 6.80. The van der Waals surface area contributed by atoms with Crippen LogP contribution in [0, 0.1) is 0 Å². The number of rotatable bonds is 3. The Morgan fingerprint density at radius 2 is 1.89 bits per heavy atom. The lowest BCUT2D eigenvalue weighted by Gasteiger charge is -2.12. The minimum atomic E-state index is -0.466. The number of amides is 2. The molecule has 1 aromatic carbocycles. The van der Waals surface area contributed by atoms with Gasteiger partial charge in [0.1, 0.15) is 5.25 Å². The van der Waals surface area contributed by atoms with Gasteiger partial charge in [0.2, 0.25) is 5.91 Å². The molecule has 0 radical (unpaired) electrons. The summed E-state index contributed by atoms with van der Waals surface area (Å²) < 4.78 is 0. The number of nitrogens with two attached hydrogens (primary N) is 1. The van der Waals surface area contributed by atoms with Crippen molar-refractivity contribution in [3.05, 3.63) is 34.9 Å². The Balaban J connectivity index is 0.00000162. The van der Waals surface area contributed by atoms with Crippen molar-refractivity contribution in [2.24, 2.45) is 5.73 Å². The van der Waals surface area contributed by atoms with Crippen LogP contribution in [-0.4, -0.2) is 29.1 Å². The Morgan fingerprint density at radius 1 is 1.28 bits per heavy atom. The van der Waals surface area contributed by atoms with E-state index in [1.165, 1.54) is 4.90 Å². The van der Waals surface area contributed by atoms with Crippen LogP contribution in [0.5, 0.6) is 0 Å². The standard InChI is InChI=1S/C11H11ClN2O2S.ClH/c12-8-3-1-7(2-4-8)9-10(15)14(6-5-13)11(16)17-9;/h1-4,9H,5-6,13H2;1H. The predicted octanol–water partition coefficient (Wildman–Crippen LogP) is 2.46. The number of carbonyl (C=O) groups excluding carboxylic acids is 2. The minimum Gasteiger partial charge on any atom is -0.329 e. The van der Waals surface area contributed by atoms with Crippen molar-refractivity contribution in [1.82, 2.24) is 4.90 Å². The van der Waals surface area contributed by atoms with Crippen molar-refractivity contribution in [3.8, 4) is 0 Å². The van der Waals surface area contributed by atoms with Crippen LogP contribution in [0.2, 0.25) is 5.02 Å². The lowest BCUT2D eigenvalue weighted by molar-refractivity contribution is -0.126. The Bertz CT molecular complexity index is 453. The smallest absolute Gasteiger partial charge is 0.289 e. The fourth-order valence-corrected chi connectivity index (χ4v) is 2.78. The molecule has 2 N–H and O–H groups in total. The maximum atomic E-state index is 12.0. The molecule has 1 aliphatic heterocycles. The zero-order valence-corrected chi connectivity index (χ0v) is 11.7. The van der Waals surface area contributed by atoms with Crippen LogP contribution in [-0.2, 0) is 4.79 Å². The van der Waals surface area contributed by atoms with Gasteiger partial charge in [-0.05, 0) is 29.5 Å². The molecule has 4 nitrogen and oxygen atoms in total. The summed E-state index contributed by atoms with van der Waals surface area (Å²) in [5, 5.41) is -0.0962. The fourth-order valence-electron chi connectivity index (χ4n) is 1.63. The molecule has 1 heterocycles. The van der Waals surface area contributed by atoms with Crippen LogP contribution in [0.1, 0.15) is 10.8 Å².